The number of nitrogens with zero attached hydrogens (tertiary/aromatic N) is 1. The summed E-state index contributed by atoms with van der Waals surface area (Å²) in [6.07, 6.45) is 0.788. The first-order valence-corrected chi connectivity index (χ1v) is 9.40. The lowest BCUT2D eigenvalue weighted by atomic mass is 9.85. The molecule has 0 radical (unpaired) electrons. The van der Waals surface area contributed by atoms with Crippen molar-refractivity contribution in [2.24, 2.45) is 17.6 Å². The Kier molecular flexibility index (Phi) is 7.31. The Morgan fingerprint density at radius 1 is 1.29 bits per heavy atom. The average Bonchev–Trinajstić information content (AvgIpc) is 2.70. The van der Waals surface area contributed by atoms with Crippen molar-refractivity contribution in [2.45, 2.75) is 39.8 Å². The van der Waals surface area contributed by atoms with Crippen LogP contribution in [0, 0.1) is 11.8 Å². The van der Waals surface area contributed by atoms with E-state index >= 15 is 0 Å². The number of Topliss-reactive ketones (excluding diaryl/α,β-unsaturated/α-hetero) is 1. The number of amides is 1. The average molecular weight is 390 g/mol. The zero-order valence-electron chi connectivity index (χ0n) is 16.7. The zero-order chi connectivity index (χ0) is 20.8. The van der Waals surface area contributed by atoms with Crippen LogP contribution < -0.4 is 15.2 Å². The smallest absolute Gasteiger partial charge is 0.252 e. The van der Waals surface area contributed by atoms with E-state index in [0.717, 1.165) is 5.39 Å². The van der Waals surface area contributed by atoms with Crippen LogP contribution >= 0.6 is 0 Å². The number of benzene rings is 1. The molecule has 28 heavy (non-hydrogen) atoms. The van der Waals surface area contributed by atoms with Gasteiger partial charge in [-0.2, -0.15) is 0 Å². The first-order chi connectivity index (χ1) is 13.3. The fraction of sp³-hybridized carbons (Fsp3) is 0.476. The Balaban J connectivity index is 2.26. The maximum Gasteiger partial charge on any atom is 0.252 e. The second kappa shape index (κ2) is 9.48. The van der Waals surface area contributed by atoms with Gasteiger partial charge in [0.25, 0.3) is 5.91 Å². The summed E-state index contributed by atoms with van der Waals surface area (Å²) in [6, 6.07) is 5.02. The summed E-state index contributed by atoms with van der Waals surface area (Å²) in [6.45, 7) is 5.60. The molecule has 2 rings (SSSR count). The fourth-order valence-electron chi connectivity index (χ4n) is 3.32. The number of nitrogens with two attached hydrogens (primary N) is 1. The number of pyridine rings is 1. The van der Waals surface area contributed by atoms with Crippen molar-refractivity contribution in [3.63, 3.8) is 0 Å². The molecule has 152 valence electrons. The Labute approximate surface area is 164 Å². The monoisotopic (exact) mass is 390 g/mol. The molecule has 7 heteroatoms. The quantitative estimate of drug-likeness (QED) is 0.668. The lowest BCUT2D eigenvalue weighted by Gasteiger charge is -2.25. The molecule has 1 aromatic carbocycles. The summed E-state index contributed by atoms with van der Waals surface area (Å²) in [4.78, 5) is 27.6. The van der Waals surface area contributed by atoms with Crippen LogP contribution in [-0.2, 0) is 4.79 Å². The van der Waals surface area contributed by atoms with Gasteiger partial charge in [-0.1, -0.05) is 20.8 Å². The third kappa shape index (κ3) is 4.58. The number of alkyl halides is 1. The van der Waals surface area contributed by atoms with Gasteiger partial charge in [-0.15, -0.1) is 0 Å². The van der Waals surface area contributed by atoms with Crippen molar-refractivity contribution in [3.8, 4) is 11.6 Å². The largest absolute Gasteiger partial charge is 0.496 e. The maximum absolute atomic E-state index is 14.4. The molecular formula is C21H27FN2O4. The molecule has 0 aliphatic rings. The normalized spacial score (nSPS) is 14.3. The predicted octanol–water partition coefficient (Wildman–Crippen LogP) is 3.70. The molecule has 0 aliphatic heterocycles. The SMILES string of the molecule is CCC(=O)C(F)C(CC)C(C)COc1nccc2cc(C(N)=O)c(OC)cc12. The highest BCUT2D eigenvalue weighted by atomic mass is 19.1. The second-order valence-corrected chi connectivity index (χ2v) is 6.84. The number of primary amides is 1. The van der Waals surface area contributed by atoms with Gasteiger partial charge in [0, 0.05) is 23.9 Å². The van der Waals surface area contributed by atoms with Gasteiger partial charge in [-0.3, -0.25) is 9.59 Å². The van der Waals surface area contributed by atoms with Gasteiger partial charge in [-0.25, -0.2) is 9.37 Å². The Hall–Kier alpha value is -2.70. The van der Waals surface area contributed by atoms with Gasteiger partial charge in [-0.05, 0) is 35.9 Å². The number of hydrogen-bond donors (Lipinski definition) is 1. The van der Waals surface area contributed by atoms with E-state index in [0.29, 0.717) is 23.4 Å². The van der Waals surface area contributed by atoms with Gasteiger partial charge in [0.15, 0.2) is 12.0 Å². The van der Waals surface area contributed by atoms with Crippen molar-refractivity contribution < 1.29 is 23.5 Å². The third-order valence-electron chi connectivity index (χ3n) is 5.03. The molecule has 0 saturated heterocycles. The number of aromatic nitrogens is 1. The van der Waals surface area contributed by atoms with Crippen LogP contribution in [0.1, 0.15) is 44.0 Å². The summed E-state index contributed by atoms with van der Waals surface area (Å²) in [5, 5.41) is 1.38. The van der Waals surface area contributed by atoms with Gasteiger partial charge in [0.05, 0.1) is 19.3 Å². The molecule has 0 bridgehead atoms. The number of rotatable bonds is 10. The summed E-state index contributed by atoms with van der Waals surface area (Å²) >= 11 is 0. The molecule has 3 unspecified atom stereocenters. The number of halogens is 1. The highest BCUT2D eigenvalue weighted by Crippen LogP contribution is 2.31. The van der Waals surface area contributed by atoms with Gasteiger partial charge in [0.1, 0.15) is 5.75 Å². The van der Waals surface area contributed by atoms with Crippen LogP contribution in [-0.4, -0.2) is 36.6 Å². The lowest BCUT2D eigenvalue weighted by Crippen LogP contribution is -2.32. The Morgan fingerprint density at radius 3 is 2.57 bits per heavy atom. The van der Waals surface area contributed by atoms with Crippen molar-refractivity contribution in [1.82, 2.24) is 4.98 Å². The minimum atomic E-state index is -1.49. The number of methoxy groups -OCH3 is 1. The number of hydrogen-bond acceptors (Lipinski definition) is 5. The maximum atomic E-state index is 14.4. The minimum absolute atomic E-state index is 0.179. The molecule has 0 aliphatic carbocycles. The molecule has 3 atom stereocenters. The first-order valence-electron chi connectivity index (χ1n) is 9.40. The molecule has 2 N–H and O–H groups in total. The van der Waals surface area contributed by atoms with E-state index in [4.69, 9.17) is 15.2 Å². The standard InChI is InChI=1S/C21H27FN2O4/c1-5-14(19(22)17(25)6-2)12(3)11-28-21-15-10-18(27-4)16(20(23)26)9-13(15)7-8-24-21/h7-10,12,14,19H,5-6,11H2,1-4H3,(H2,23,26). The van der Waals surface area contributed by atoms with Crippen LogP contribution in [0.3, 0.4) is 0 Å². The van der Waals surface area contributed by atoms with E-state index in [1.807, 2.05) is 13.8 Å². The van der Waals surface area contributed by atoms with Crippen molar-refractivity contribution in [1.29, 1.82) is 0 Å². The third-order valence-corrected chi connectivity index (χ3v) is 5.03. The van der Waals surface area contributed by atoms with Crippen LogP contribution in [0.5, 0.6) is 11.6 Å². The summed E-state index contributed by atoms with van der Waals surface area (Å²) in [5.41, 5.74) is 5.67. The molecule has 1 aromatic heterocycles. The number of carbonyl (C=O) groups excluding carboxylic acids is 2. The molecule has 2 aromatic rings. The fourth-order valence-corrected chi connectivity index (χ4v) is 3.32. The van der Waals surface area contributed by atoms with Crippen molar-refractivity contribution >= 4 is 22.5 Å². The van der Waals surface area contributed by atoms with E-state index in [2.05, 4.69) is 4.98 Å². The number of ketones is 1. The van der Waals surface area contributed by atoms with Gasteiger partial charge < -0.3 is 15.2 Å². The van der Waals surface area contributed by atoms with E-state index < -0.39 is 18.0 Å². The van der Waals surface area contributed by atoms with Crippen LogP contribution in [0.15, 0.2) is 24.4 Å². The summed E-state index contributed by atoms with van der Waals surface area (Å²) in [7, 11) is 1.45. The highest BCUT2D eigenvalue weighted by molar-refractivity contribution is 6.01. The lowest BCUT2D eigenvalue weighted by molar-refractivity contribution is -0.126. The van der Waals surface area contributed by atoms with Gasteiger partial charge in [0.2, 0.25) is 5.88 Å². The van der Waals surface area contributed by atoms with E-state index in [9.17, 15) is 14.0 Å². The Morgan fingerprint density at radius 2 is 2.00 bits per heavy atom. The molecule has 6 nitrogen and oxygen atoms in total. The number of ether oxygens (including phenoxy) is 2. The molecular weight excluding hydrogens is 363 g/mol. The summed E-state index contributed by atoms with van der Waals surface area (Å²) in [5.74, 6) is -0.893. The Bertz CT molecular complexity index is 856. The molecule has 0 fully saturated rings. The number of fused-ring (bicyclic) bond motifs is 1. The van der Waals surface area contributed by atoms with E-state index in [1.165, 1.54) is 7.11 Å². The molecule has 0 saturated carbocycles. The molecule has 1 amide bonds. The zero-order valence-corrected chi connectivity index (χ0v) is 16.7. The minimum Gasteiger partial charge on any atom is -0.496 e. The highest BCUT2D eigenvalue weighted by Gasteiger charge is 2.30. The van der Waals surface area contributed by atoms with Crippen molar-refractivity contribution in [3.05, 3.63) is 30.0 Å². The van der Waals surface area contributed by atoms with Crippen LogP contribution in [0.4, 0.5) is 4.39 Å². The van der Waals surface area contributed by atoms with E-state index in [-0.39, 0.29) is 30.3 Å². The predicted molar refractivity (Wildman–Crippen MR) is 105 cm³/mol. The van der Waals surface area contributed by atoms with E-state index in [1.54, 1.807) is 31.3 Å². The van der Waals surface area contributed by atoms with Gasteiger partial charge >= 0.3 is 0 Å². The number of carbonyl (C=O) groups is 2. The van der Waals surface area contributed by atoms with Crippen LogP contribution in [0.2, 0.25) is 0 Å². The van der Waals surface area contributed by atoms with Crippen LogP contribution in [0.25, 0.3) is 10.8 Å². The second-order valence-electron chi connectivity index (χ2n) is 6.84. The summed E-state index contributed by atoms with van der Waals surface area (Å²) < 4.78 is 25.5. The molecule has 0 spiro atoms. The molecule has 1 heterocycles. The van der Waals surface area contributed by atoms with Crippen molar-refractivity contribution in [2.75, 3.05) is 13.7 Å². The first kappa shape index (κ1) is 21.6. The topological polar surface area (TPSA) is 91.5 Å².